The maximum Gasteiger partial charge on any atom is 0.202 e. The molecule has 0 unspecified atom stereocenters. The highest BCUT2D eigenvalue weighted by molar-refractivity contribution is 9.10. The average molecular weight is 463 g/mol. The molecule has 2 heterocycles. The fraction of sp³-hybridized carbons (Fsp3) is 0.400. The molecule has 3 N–H and O–H groups in total. The second-order valence-corrected chi connectivity index (χ2v) is 7.73. The molecule has 0 aliphatic carbocycles. The average Bonchev–Trinajstić information content (AvgIpc) is 3.09. The molecule has 1 aromatic heterocycles. The maximum atomic E-state index is 13.3. The van der Waals surface area contributed by atoms with Crippen molar-refractivity contribution in [2.24, 2.45) is 4.99 Å². The Labute approximate surface area is 166 Å². The van der Waals surface area contributed by atoms with Gasteiger partial charge in [-0.25, -0.2) is 22.7 Å². The number of nitrogens with one attached hydrogen (secondary N) is 2. The van der Waals surface area contributed by atoms with Gasteiger partial charge in [-0.1, -0.05) is 11.9 Å². The minimum Gasteiger partial charge on any atom is -0.365 e. The van der Waals surface area contributed by atoms with Crippen LogP contribution < -0.4 is 10.8 Å². The lowest BCUT2D eigenvalue weighted by Gasteiger charge is -2.32. The number of benzene rings is 1. The Morgan fingerprint density at radius 2 is 2.26 bits per heavy atom. The Morgan fingerprint density at radius 3 is 2.96 bits per heavy atom. The standard InChI is InChI=1S/C15H17BrF2N6O2S/c16-11-6-10(2-3-12(11)18)20-15(21-25)13-14(23-26-22-13)19-4-1-5-27-24-7-9(17)8-24/h2-3,6,9,25H,1,4-5,7-8H2,(H,19,23)(H,20,21). The molecule has 8 nitrogen and oxygen atoms in total. The van der Waals surface area contributed by atoms with Gasteiger partial charge in [0.2, 0.25) is 5.82 Å². The third-order valence-electron chi connectivity index (χ3n) is 3.65. The van der Waals surface area contributed by atoms with Crippen LogP contribution in [0, 0.1) is 5.82 Å². The highest BCUT2D eigenvalue weighted by atomic mass is 79.9. The Balaban J connectivity index is 1.56. The van der Waals surface area contributed by atoms with E-state index in [4.69, 9.17) is 4.63 Å². The molecule has 0 amide bonds. The number of hydrogen-bond acceptors (Lipinski definition) is 8. The number of halogens is 3. The van der Waals surface area contributed by atoms with Gasteiger partial charge < -0.3 is 5.32 Å². The molecule has 1 fully saturated rings. The van der Waals surface area contributed by atoms with E-state index in [9.17, 15) is 14.0 Å². The first kappa shape index (κ1) is 20.0. The van der Waals surface area contributed by atoms with E-state index in [0.717, 1.165) is 12.2 Å². The molecule has 1 aromatic carbocycles. The summed E-state index contributed by atoms with van der Waals surface area (Å²) in [6.45, 7) is 1.55. The van der Waals surface area contributed by atoms with Gasteiger partial charge in [0.15, 0.2) is 11.5 Å². The molecular formula is C15H17BrF2N6O2S. The summed E-state index contributed by atoms with van der Waals surface area (Å²) >= 11 is 4.69. The number of anilines is 1. The molecule has 1 aliphatic rings. The molecule has 12 heteroatoms. The van der Waals surface area contributed by atoms with Crippen molar-refractivity contribution < 1.29 is 18.6 Å². The van der Waals surface area contributed by atoms with Gasteiger partial charge in [0.05, 0.1) is 10.2 Å². The summed E-state index contributed by atoms with van der Waals surface area (Å²) in [7, 11) is 0. The number of aromatic nitrogens is 2. The number of alkyl halides is 1. The molecule has 27 heavy (non-hydrogen) atoms. The predicted molar refractivity (Wildman–Crippen MR) is 102 cm³/mol. The van der Waals surface area contributed by atoms with Crippen molar-refractivity contribution in [3.05, 3.63) is 34.2 Å². The fourth-order valence-corrected chi connectivity index (χ4v) is 3.67. The van der Waals surface area contributed by atoms with Crippen molar-refractivity contribution in [3.63, 3.8) is 0 Å². The van der Waals surface area contributed by atoms with Gasteiger partial charge in [0, 0.05) is 25.4 Å². The highest BCUT2D eigenvalue weighted by Crippen LogP contribution is 2.24. The zero-order valence-electron chi connectivity index (χ0n) is 14.0. The van der Waals surface area contributed by atoms with Crippen LogP contribution >= 0.6 is 27.9 Å². The lowest BCUT2D eigenvalue weighted by Crippen LogP contribution is -2.43. The van der Waals surface area contributed by atoms with Gasteiger partial charge in [-0.2, -0.15) is 0 Å². The Hall–Kier alpha value is -1.76. The third kappa shape index (κ3) is 5.37. The molecule has 3 rings (SSSR count). The zero-order chi connectivity index (χ0) is 19.2. The highest BCUT2D eigenvalue weighted by Gasteiger charge is 2.26. The number of hydrogen-bond donors (Lipinski definition) is 3. The second-order valence-electron chi connectivity index (χ2n) is 5.69. The number of rotatable bonds is 8. The van der Waals surface area contributed by atoms with E-state index in [-0.39, 0.29) is 16.0 Å². The van der Waals surface area contributed by atoms with E-state index in [1.54, 1.807) is 11.9 Å². The second kappa shape index (κ2) is 9.44. The topological polar surface area (TPSA) is 98.8 Å². The van der Waals surface area contributed by atoms with Gasteiger partial charge >= 0.3 is 0 Å². The van der Waals surface area contributed by atoms with Crippen molar-refractivity contribution >= 4 is 45.2 Å². The molecule has 1 saturated heterocycles. The van der Waals surface area contributed by atoms with Crippen LogP contribution in [0.25, 0.3) is 0 Å². The molecule has 0 saturated carbocycles. The van der Waals surface area contributed by atoms with Crippen LogP contribution in [0.5, 0.6) is 0 Å². The van der Waals surface area contributed by atoms with Crippen molar-refractivity contribution in [3.8, 4) is 0 Å². The molecular weight excluding hydrogens is 446 g/mol. The summed E-state index contributed by atoms with van der Waals surface area (Å²) in [4.78, 5) is 4.19. The van der Waals surface area contributed by atoms with Crippen LogP contribution in [0.1, 0.15) is 12.1 Å². The molecule has 0 radical (unpaired) electrons. The van der Waals surface area contributed by atoms with Crippen molar-refractivity contribution in [1.82, 2.24) is 20.1 Å². The van der Waals surface area contributed by atoms with Gasteiger partial charge in [0.1, 0.15) is 12.0 Å². The summed E-state index contributed by atoms with van der Waals surface area (Å²) in [5.74, 6) is 0.731. The van der Waals surface area contributed by atoms with E-state index < -0.39 is 12.0 Å². The van der Waals surface area contributed by atoms with Gasteiger partial charge in [0.25, 0.3) is 0 Å². The van der Waals surface area contributed by atoms with E-state index >= 15 is 0 Å². The van der Waals surface area contributed by atoms with Crippen molar-refractivity contribution in [1.29, 1.82) is 0 Å². The van der Waals surface area contributed by atoms with E-state index in [0.29, 0.717) is 31.1 Å². The van der Waals surface area contributed by atoms with Gasteiger partial charge in [-0.3, -0.25) is 10.7 Å². The van der Waals surface area contributed by atoms with E-state index in [1.165, 1.54) is 18.2 Å². The fourth-order valence-electron chi connectivity index (χ4n) is 2.24. The minimum atomic E-state index is -0.704. The maximum absolute atomic E-state index is 13.3. The molecule has 2 aromatic rings. The first-order chi connectivity index (χ1) is 13.1. The summed E-state index contributed by atoms with van der Waals surface area (Å²) in [6.07, 6.45) is 0.110. The molecule has 0 atom stereocenters. The Kier molecular flexibility index (Phi) is 6.99. The third-order valence-corrected chi connectivity index (χ3v) is 5.40. The van der Waals surface area contributed by atoms with Gasteiger partial charge in [-0.15, -0.1) is 0 Å². The largest absolute Gasteiger partial charge is 0.365 e. The minimum absolute atomic E-state index is 0.00111. The summed E-state index contributed by atoms with van der Waals surface area (Å²) in [5.41, 5.74) is 2.54. The molecule has 0 bridgehead atoms. The van der Waals surface area contributed by atoms with E-state index in [2.05, 4.69) is 36.6 Å². The van der Waals surface area contributed by atoms with E-state index in [1.807, 2.05) is 9.79 Å². The van der Waals surface area contributed by atoms with Crippen LogP contribution in [0.15, 0.2) is 32.3 Å². The number of hydroxylamine groups is 1. The Bertz CT molecular complexity index is 802. The molecule has 146 valence electrons. The smallest absolute Gasteiger partial charge is 0.202 e. The van der Waals surface area contributed by atoms with Crippen molar-refractivity contribution in [2.45, 2.75) is 12.6 Å². The quantitative estimate of drug-likeness (QED) is 0.181. The van der Waals surface area contributed by atoms with Crippen molar-refractivity contribution in [2.75, 3.05) is 30.7 Å². The van der Waals surface area contributed by atoms with Crippen LogP contribution in [0.2, 0.25) is 0 Å². The molecule has 0 spiro atoms. The first-order valence-corrected chi connectivity index (χ1v) is 9.83. The summed E-state index contributed by atoms with van der Waals surface area (Å²) in [6, 6.07) is 4.16. The van der Waals surface area contributed by atoms with Crippen LogP contribution in [0.3, 0.4) is 0 Å². The van der Waals surface area contributed by atoms with Crippen LogP contribution in [0.4, 0.5) is 20.3 Å². The van der Waals surface area contributed by atoms with Crippen LogP contribution in [-0.4, -0.2) is 57.2 Å². The molecule has 1 aliphatic heterocycles. The van der Waals surface area contributed by atoms with Gasteiger partial charge in [-0.05, 0) is 50.9 Å². The zero-order valence-corrected chi connectivity index (χ0v) is 16.4. The Morgan fingerprint density at radius 1 is 1.44 bits per heavy atom. The number of nitrogens with zero attached hydrogens (tertiary/aromatic N) is 4. The predicted octanol–water partition coefficient (Wildman–Crippen LogP) is 3.13. The first-order valence-electron chi connectivity index (χ1n) is 8.09. The lowest BCUT2D eigenvalue weighted by atomic mass is 10.3. The summed E-state index contributed by atoms with van der Waals surface area (Å²) < 4.78 is 33.0. The summed E-state index contributed by atoms with van der Waals surface area (Å²) in [5, 5.41) is 19.9. The lowest BCUT2D eigenvalue weighted by molar-refractivity contribution is 0.153. The van der Waals surface area contributed by atoms with Crippen LogP contribution in [-0.2, 0) is 0 Å². The monoisotopic (exact) mass is 462 g/mol. The normalized spacial score (nSPS) is 15.6. The number of aliphatic imine (C=N–C) groups is 1. The number of amidine groups is 1. The SMILES string of the molecule is ONC(=Nc1ccc(F)c(Br)c1)c1nonc1NCCCSN1CC(F)C1.